The minimum atomic E-state index is -0.392. The van der Waals surface area contributed by atoms with Gasteiger partial charge in [-0.05, 0) is 19.1 Å². The van der Waals surface area contributed by atoms with Crippen molar-refractivity contribution in [2.24, 2.45) is 0 Å². The standard InChI is InChI=1S/C12H12BrN3O3/c1-8-5-15-12(19-8)7-14-6-9-2-3-10(13)4-11(9)16(17)18/h2-5,14H,6-7H2,1H3. The van der Waals surface area contributed by atoms with E-state index in [0.717, 1.165) is 5.76 Å². The minimum absolute atomic E-state index is 0.0884. The van der Waals surface area contributed by atoms with Gasteiger partial charge in [0, 0.05) is 22.6 Å². The van der Waals surface area contributed by atoms with Gasteiger partial charge < -0.3 is 9.73 Å². The van der Waals surface area contributed by atoms with E-state index in [9.17, 15) is 10.1 Å². The topological polar surface area (TPSA) is 81.2 Å². The molecule has 1 aromatic carbocycles. The molecule has 0 unspecified atom stereocenters. The molecule has 1 aromatic heterocycles. The predicted octanol–water partition coefficient (Wildman–Crippen LogP) is 2.94. The molecule has 0 spiro atoms. The zero-order chi connectivity index (χ0) is 13.8. The molecule has 2 rings (SSSR count). The highest BCUT2D eigenvalue weighted by Gasteiger charge is 2.13. The molecule has 0 aliphatic rings. The second-order valence-corrected chi connectivity index (χ2v) is 4.91. The molecule has 0 saturated heterocycles. The summed E-state index contributed by atoms with van der Waals surface area (Å²) in [5, 5.41) is 14.0. The molecular weight excluding hydrogens is 314 g/mol. The van der Waals surface area contributed by atoms with Crippen LogP contribution in [0.1, 0.15) is 17.2 Å². The van der Waals surface area contributed by atoms with Crippen molar-refractivity contribution in [2.75, 3.05) is 0 Å². The first-order valence-corrected chi connectivity index (χ1v) is 6.40. The molecule has 7 heteroatoms. The maximum absolute atomic E-state index is 10.9. The van der Waals surface area contributed by atoms with Crippen LogP contribution in [-0.2, 0) is 13.1 Å². The smallest absolute Gasteiger partial charge is 0.275 e. The number of hydrogen-bond acceptors (Lipinski definition) is 5. The molecular formula is C12H12BrN3O3. The van der Waals surface area contributed by atoms with E-state index < -0.39 is 4.92 Å². The summed E-state index contributed by atoms with van der Waals surface area (Å²) in [4.78, 5) is 14.6. The second kappa shape index (κ2) is 5.94. The molecule has 0 amide bonds. The molecule has 1 heterocycles. The number of nitro benzene ring substituents is 1. The number of nitro groups is 1. The van der Waals surface area contributed by atoms with Gasteiger partial charge in [-0.15, -0.1) is 0 Å². The van der Waals surface area contributed by atoms with Crippen molar-refractivity contribution in [3.8, 4) is 0 Å². The van der Waals surface area contributed by atoms with E-state index in [1.807, 2.05) is 6.92 Å². The van der Waals surface area contributed by atoms with Crippen molar-refractivity contribution >= 4 is 21.6 Å². The van der Waals surface area contributed by atoms with Crippen molar-refractivity contribution in [3.63, 3.8) is 0 Å². The Morgan fingerprint density at radius 2 is 2.26 bits per heavy atom. The van der Waals surface area contributed by atoms with Crippen molar-refractivity contribution in [3.05, 3.63) is 56.2 Å². The van der Waals surface area contributed by atoms with Crippen LogP contribution in [0.3, 0.4) is 0 Å². The van der Waals surface area contributed by atoms with Crippen LogP contribution in [0.15, 0.2) is 33.3 Å². The summed E-state index contributed by atoms with van der Waals surface area (Å²) in [7, 11) is 0. The van der Waals surface area contributed by atoms with Gasteiger partial charge >= 0.3 is 0 Å². The van der Waals surface area contributed by atoms with Crippen LogP contribution < -0.4 is 5.32 Å². The number of rotatable bonds is 5. The number of oxazole rings is 1. The Morgan fingerprint density at radius 1 is 1.47 bits per heavy atom. The van der Waals surface area contributed by atoms with Gasteiger partial charge in [0.25, 0.3) is 5.69 Å². The third kappa shape index (κ3) is 3.62. The van der Waals surface area contributed by atoms with Gasteiger partial charge in [-0.1, -0.05) is 15.9 Å². The molecule has 19 heavy (non-hydrogen) atoms. The number of hydrogen-bond donors (Lipinski definition) is 1. The average molecular weight is 326 g/mol. The van der Waals surface area contributed by atoms with Crippen LogP contribution in [0.2, 0.25) is 0 Å². The van der Waals surface area contributed by atoms with Crippen LogP contribution in [-0.4, -0.2) is 9.91 Å². The fraction of sp³-hybridized carbons (Fsp3) is 0.250. The lowest BCUT2D eigenvalue weighted by molar-refractivity contribution is -0.385. The number of nitrogens with zero attached hydrogens (tertiary/aromatic N) is 2. The highest BCUT2D eigenvalue weighted by atomic mass is 79.9. The Morgan fingerprint density at radius 3 is 2.89 bits per heavy atom. The number of aromatic nitrogens is 1. The summed E-state index contributed by atoms with van der Waals surface area (Å²) in [6.45, 7) is 2.63. The molecule has 0 radical (unpaired) electrons. The Kier molecular flexibility index (Phi) is 4.28. The molecule has 0 atom stereocenters. The van der Waals surface area contributed by atoms with Gasteiger partial charge in [-0.3, -0.25) is 10.1 Å². The molecule has 6 nitrogen and oxygen atoms in total. The van der Waals surface area contributed by atoms with Crippen LogP contribution in [0.5, 0.6) is 0 Å². The van der Waals surface area contributed by atoms with Gasteiger partial charge in [0.1, 0.15) is 5.76 Å². The number of nitrogens with one attached hydrogen (secondary N) is 1. The SMILES string of the molecule is Cc1cnc(CNCc2ccc(Br)cc2[N+](=O)[O-])o1. The first-order valence-electron chi connectivity index (χ1n) is 5.61. The maximum atomic E-state index is 10.9. The quantitative estimate of drug-likeness (QED) is 0.675. The molecule has 2 aromatic rings. The van der Waals surface area contributed by atoms with E-state index in [1.54, 1.807) is 18.3 Å². The average Bonchev–Trinajstić information content (AvgIpc) is 2.77. The third-order valence-corrected chi connectivity index (χ3v) is 3.00. The minimum Gasteiger partial charge on any atom is -0.445 e. The zero-order valence-corrected chi connectivity index (χ0v) is 11.8. The predicted molar refractivity (Wildman–Crippen MR) is 72.6 cm³/mol. The number of aryl methyl sites for hydroxylation is 1. The largest absolute Gasteiger partial charge is 0.445 e. The normalized spacial score (nSPS) is 10.6. The fourth-order valence-corrected chi connectivity index (χ4v) is 1.99. The van der Waals surface area contributed by atoms with E-state index in [1.165, 1.54) is 6.07 Å². The summed E-state index contributed by atoms with van der Waals surface area (Å²) in [6, 6.07) is 4.99. The molecule has 0 aliphatic heterocycles. The van der Waals surface area contributed by atoms with E-state index in [4.69, 9.17) is 4.42 Å². The van der Waals surface area contributed by atoms with Crippen LogP contribution in [0, 0.1) is 17.0 Å². The lowest BCUT2D eigenvalue weighted by Crippen LogP contribution is -2.14. The Balaban J connectivity index is 2.01. The zero-order valence-electron chi connectivity index (χ0n) is 10.2. The Hall–Kier alpha value is -1.73. The van der Waals surface area contributed by atoms with Gasteiger partial charge in [-0.2, -0.15) is 0 Å². The van der Waals surface area contributed by atoms with E-state index >= 15 is 0 Å². The summed E-state index contributed by atoms with van der Waals surface area (Å²) in [5.41, 5.74) is 0.710. The molecule has 0 fully saturated rings. The first kappa shape index (κ1) is 13.7. The third-order valence-electron chi connectivity index (χ3n) is 2.50. The lowest BCUT2D eigenvalue weighted by atomic mass is 10.2. The highest BCUT2D eigenvalue weighted by molar-refractivity contribution is 9.10. The van der Waals surface area contributed by atoms with Gasteiger partial charge in [0.15, 0.2) is 0 Å². The van der Waals surface area contributed by atoms with Crippen molar-refractivity contribution in [1.29, 1.82) is 0 Å². The lowest BCUT2D eigenvalue weighted by Gasteiger charge is -2.04. The maximum Gasteiger partial charge on any atom is 0.275 e. The highest BCUT2D eigenvalue weighted by Crippen LogP contribution is 2.23. The molecule has 0 bridgehead atoms. The van der Waals surface area contributed by atoms with Crippen molar-refractivity contribution < 1.29 is 9.34 Å². The van der Waals surface area contributed by atoms with Crippen molar-refractivity contribution in [2.45, 2.75) is 20.0 Å². The molecule has 0 aliphatic carbocycles. The number of halogens is 1. The van der Waals surface area contributed by atoms with Gasteiger partial charge in [0.05, 0.1) is 17.7 Å². The molecule has 100 valence electrons. The summed E-state index contributed by atoms with van der Waals surface area (Å²) >= 11 is 3.22. The van der Waals surface area contributed by atoms with Crippen LogP contribution in [0.25, 0.3) is 0 Å². The summed E-state index contributed by atoms with van der Waals surface area (Å²) in [6.07, 6.45) is 1.64. The Bertz CT molecular complexity index is 598. The van der Waals surface area contributed by atoms with Crippen molar-refractivity contribution in [1.82, 2.24) is 10.3 Å². The van der Waals surface area contributed by atoms with E-state index in [-0.39, 0.29) is 5.69 Å². The fourth-order valence-electron chi connectivity index (χ4n) is 1.64. The van der Waals surface area contributed by atoms with Gasteiger partial charge in [-0.25, -0.2) is 4.98 Å². The number of benzene rings is 1. The van der Waals surface area contributed by atoms with E-state index in [0.29, 0.717) is 29.0 Å². The Labute approximate surface area is 118 Å². The second-order valence-electron chi connectivity index (χ2n) is 4.00. The van der Waals surface area contributed by atoms with Crippen LogP contribution in [0.4, 0.5) is 5.69 Å². The van der Waals surface area contributed by atoms with E-state index in [2.05, 4.69) is 26.2 Å². The summed E-state index contributed by atoms with van der Waals surface area (Å²) < 4.78 is 5.99. The molecule has 1 N–H and O–H groups in total. The van der Waals surface area contributed by atoms with Gasteiger partial charge in [0.2, 0.25) is 5.89 Å². The summed E-state index contributed by atoms with van der Waals surface area (Å²) in [5.74, 6) is 1.31. The molecule has 0 saturated carbocycles. The monoisotopic (exact) mass is 325 g/mol. The first-order chi connectivity index (χ1) is 9.06. The van der Waals surface area contributed by atoms with Crippen LogP contribution >= 0.6 is 15.9 Å².